The van der Waals surface area contributed by atoms with E-state index in [-0.39, 0.29) is 11.6 Å². The van der Waals surface area contributed by atoms with Gasteiger partial charge in [0.05, 0.1) is 13.4 Å². The Morgan fingerprint density at radius 1 is 1.55 bits per heavy atom. The zero-order valence-electron chi connectivity index (χ0n) is 12.1. The van der Waals surface area contributed by atoms with E-state index in [9.17, 15) is 9.59 Å². The Balaban J connectivity index is 2.76. The summed E-state index contributed by atoms with van der Waals surface area (Å²) in [5, 5.41) is 2.67. The summed E-state index contributed by atoms with van der Waals surface area (Å²) in [5.74, 6) is -0.858. The minimum Gasteiger partial charge on any atom is -0.467 e. The minimum absolute atomic E-state index is 0.0162. The van der Waals surface area contributed by atoms with E-state index in [1.54, 1.807) is 10.8 Å². The predicted octanol–water partition coefficient (Wildman–Crippen LogP) is 0.159. The van der Waals surface area contributed by atoms with E-state index in [1.807, 2.05) is 13.8 Å². The predicted molar refractivity (Wildman–Crippen MR) is 74.0 cm³/mol. The second kappa shape index (κ2) is 7.64. The van der Waals surface area contributed by atoms with Gasteiger partial charge in [0.15, 0.2) is 0 Å². The van der Waals surface area contributed by atoms with Gasteiger partial charge in [0.1, 0.15) is 11.7 Å². The third-order valence-electron chi connectivity index (χ3n) is 3.21. The summed E-state index contributed by atoms with van der Waals surface area (Å²) in [6.07, 6.45) is 3.90. The first-order valence-corrected chi connectivity index (χ1v) is 6.64. The number of imidazole rings is 1. The maximum atomic E-state index is 12.1. The molecule has 0 aromatic carbocycles. The molecule has 20 heavy (non-hydrogen) atoms. The van der Waals surface area contributed by atoms with Crippen LogP contribution in [-0.4, -0.2) is 41.1 Å². The number of aromatic nitrogens is 2. The number of methoxy groups -OCH3 is 1. The van der Waals surface area contributed by atoms with Gasteiger partial charge in [-0.1, -0.05) is 20.3 Å². The van der Waals surface area contributed by atoms with E-state index in [2.05, 4.69) is 10.3 Å². The van der Waals surface area contributed by atoms with Gasteiger partial charge in [-0.3, -0.25) is 4.79 Å². The van der Waals surface area contributed by atoms with Crippen LogP contribution in [0.4, 0.5) is 0 Å². The van der Waals surface area contributed by atoms with Gasteiger partial charge in [0.2, 0.25) is 0 Å². The summed E-state index contributed by atoms with van der Waals surface area (Å²) < 4.78 is 6.45. The molecule has 0 fully saturated rings. The smallest absolute Gasteiger partial charge is 0.328 e. The molecular weight excluding hydrogens is 260 g/mol. The Hall–Kier alpha value is -1.89. The molecule has 2 atom stereocenters. The maximum absolute atomic E-state index is 12.1. The van der Waals surface area contributed by atoms with Gasteiger partial charge >= 0.3 is 5.97 Å². The van der Waals surface area contributed by atoms with E-state index in [0.717, 1.165) is 6.42 Å². The Morgan fingerprint density at radius 2 is 2.25 bits per heavy atom. The minimum atomic E-state index is -0.669. The lowest BCUT2D eigenvalue weighted by Gasteiger charge is -2.21. The highest BCUT2D eigenvalue weighted by Gasteiger charge is 2.27. The number of amides is 1. The monoisotopic (exact) mass is 282 g/mol. The van der Waals surface area contributed by atoms with E-state index in [1.165, 1.54) is 13.4 Å². The summed E-state index contributed by atoms with van der Waals surface area (Å²) in [4.78, 5) is 27.8. The first kappa shape index (κ1) is 16.2. The molecule has 112 valence electrons. The molecule has 0 aliphatic rings. The van der Waals surface area contributed by atoms with E-state index in [4.69, 9.17) is 10.5 Å². The molecule has 0 bridgehead atoms. The fraction of sp³-hybridized carbons (Fsp3) is 0.615. The van der Waals surface area contributed by atoms with Crippen LogP contribution in [0, 0.1) is 5.92 Å². The number of carbonyl (C=O) groups excluding carboxylic acids is 2. The molecule has 7 nitrogen and oxygen atoms in total. The fourth-order valence-corrected chi connectivity index (χ4v) is 1.76. The molecule has 3 N–H and O–H groups in total. The van der Waals surface area contributed by atoms with E-state index < -0.39 is 17.9 Å². The lowest BCUT2D eigenvalue weighted by molar-refractivity contribution is -0.144. The maximum Gasteiger partial charge on any atom is 0.328 e. The lowest BCUT2D eigenvalue weighted by atomic mass is 9.99. The van der Waals surface area contributed by atoms with Crippen molar-refractivity contribution in [3.05, 3.63) is 18.2 Å². The molecule has 1 heterocycles. The third kappa shape index (κ3) is 4.06. The molecule has 0 aliphatic carbocycles. The van der Waals surface area contributed by atoms with Gasteiger partial charge in [0.25, 0.3) is 5.91 Å². The van der Waals surface area contributed by atoms with Crippen molar-refractivity contribution in [1.82, 2.24) is 14.9 Å². The summed E-state index contributed by atoms with van der Waals surface area (Å²) in [5.41, 5.74) is 5.69. The SMILES string of the molecule is CCC(C)C(NC(=O)c1cn(CCN)cn1)C(=O)OC. The number of rotatable bonds is 7. The normalized spacial score (nSPS) is 13.6. The first-order valence-electron chi connectivity index (χ1n) is 6.64. The van der Waals surface area contributed by atoms with Crippen molar-refractivity contribution in [2.45, 2.75) is 32.9 Å². The Bertz CT molecular complexity index is 458. The van der Waals surface area contributed by atoms with Gasteiger partial charge in [-0.2, -0.15) is 0 Å². The Labute approximate surface area is 118 Å². The van der Waals surface area contributed by atoms with E-state index >= 15 is 0 Å². The fourth-order valence-electron chi connectivity index (χ4n) is 1.76. The highest BCUT2D eigenvalue weighted by Crippen LogP contribution is 2.10. The highest BCUT2D eigenvalue weighted by atomic mass is 16.5. The number of ether oxygens (including phenoxy) is 1. The molecule has 7 heteroatoms. The summed E-state index contributed by atoms with van der Waals surface area (Å²) in [6.45, 7) is 4.89. The molecule has 0 radical (unpaired) electrons. The van der Waals surface area contributed by atoms with Crippen LogP contribution < -0.4 is 11.1 Å². The number of nitrogens with one attached hydrogen (secondary N) is 1. The van der Waals surface area contributed by atoms with Crippen LogP contribution in [0.15, 0.2) is 12.5 Å². The zero-order valence-corrected chi connectivity index (χ0v) is 12.1. The molecule has 2 unspecified atom stereocenters. The first-order chi connectivity index (χ1) is 9.53. The largest absolute Gasteiger partial charge is 0.467 e. The van der Waals surface area contributed by atoms with Crippen LogP contribution in [0.5, 0.6) is 0 Å². The average molecular weight is 282 g/mol. The van der Waals surface area contributed by atoms with Crippen LogP contribution in [0.25, 0.3) is 0 Å². The quantitative estimate of drug-likeness (QED) is 0.694. The van der Waals surface area contributed by atoms with Crippen molar-refractivity contribution in [3.8, 4) is 0 Å². The molecule has 0 spiro atoms. The Kier molecular flexibility index (Phi) is 6.17. The zero-order chi connectivity index (χ0) is 15.1. The summed E-state index contributed by atoms with van der Waals surface area (Å²) in [6, 6.07) is -0.669. The highest BCUT2D eigenvalue weighted by molar-refractivity contribution is 5.95. The topological polar surface area (TPSA) is 99.2 Å². The van der Waals surface area contributed by atoms with Crippen LogP contribution >= 0.6 is 0 Å². The van der Waals surface area contributed by atoms with Crippen molar-refractivity contribution in [1.29, 1.82) is 0 Å². The standard InChI is InChI=1S/C13H22N4O3/c1-4-9(2)11(13(19)20-3)16-12(18)10-7-17(6-5-14)8-15-10/h7-9,11H,4-6,14H2,1-3H3,(H,16,18). The Morgan fingerprint density at radius 3 is 2.80 bits per heavy atom. The van der Waals surface area contributed by atoms with Gasteiger partial charge in [0, 0.05) is 19.3 Å². The molecule has 0 saturated heterocycles. The van der Waals surface area contributed by atoms with Crippen molar-refractivity contribution >= 4 is 11.9 Å². The number of esters is 1. The number of carbonyl (C=O) groups is 2. The van der Waals surface area contributed by atoms with Crippen LogP contribution in [0.2, 0.25) is 0 Å². The van der Waals surface area contributed by atoms with Crippen molar-refractivity contribution in [2.24, 2.45) is 11.7 Å². The second-order valence-electron chi connectivity index (χ2n) is 4.65. The molecular formula is C13H22N4O3. The molecule has 1 amide bonds. The molecule has 0 saturated carbocycles. The van der Waals surface area contributed by atoms with Crippen LogP contribution in [0.1, 0.15) is 30.8 Å². The molecule has 1 rings (SSSR count). The molecule has 1 aromatic rings. The number of nitrogens with two attached hydrogens (primary N) is 1. The molecule has 1 aromatic heterocycles. The van der Waals surface area contributed by atoms with Gasteiger partial charge in [-0.05, 0) is 5.92 Å². The second-order valence-corrected chi connectivity index (χ2v) is 4.65. The van der Waals surface area contributed by atoms with Crippen molar-refractivity contribution < 1.29 is 14.3 Å². The lowest BCUT2D eigenvalue weighted by Crippen LogP contribution is -2.45. The number of hydrogen-bond acceptors (Lipinski definition) is 5. The van der Waals surface area contributed by atoms with Gasteiger partial charge < -0.3 is 20.4 Å². The van der Waals surface area contributed by atoms with E-state index in [0.29, 0.717) is 13.1 Å². The van der Waals surface area contributed by atoms with Crippen molar-refractivity contribution in [3.63, 3.8) is 0 Å². The van der Waals surface area contributed by atoms with Crippen molar-refractivity contribution in [2.75, 3.05) is 13.7 Å². The number of hydrogen-bond donors (Lipinski definition) is 2. The van der Waals surface area contributed by atoms with Gasteiger partial charge in [-0.15, -0.1) is 0 Å². The van der Waals surface area contributed by atoms with Crippen LogP contribution in [0.3, 0.4) is 0 Å². The molecule has 0 aliphatic heterocycles. The number of nitrogens with zero attached hydrogens (tertiary/aromatic N) is 2. The summed E-state index contributed by atoms with van der Waals surface area (Å²) in [7, 11) is 1.31. The third-order valence-corrected chi connectivity index (χ3v) is 3.21. The van der Waals surface area contributed by atoms with Gasteiger partial charge in [-0.25, -0.2) is 9.78 Å². The average Bonchev–Trinajstić information content (AvgIpc) is 2.92. The summed E-state index contributed by atoms with van der Waals surface area (Å²) >= 11 is 0. The van der Waals surface area contributed by atoms with Crippen LogP contribution in [-0.2, 0) is 16.1 Å².